The Morgan fingerprint density at radius 3 is 2.91 bits per heavy atom. The third-order valence-electron chi connectivity index (χ3n) is 1.74. The molecule has 0 aromatic heterocycles. The van der Waals surface area contributed by atoms with Crippen LogP contribution in [-0.4, -0.2) is 37.0 Å². The molecule has 1 heterocycles. The number of hydrogen-bond acceptors (Lipinski definition) is 4. The molecule has 11 heavy (non-hydrogen) atoms. The zero-order valence-corrected chi connectivity index (χ0v) is 6.12. The molecule has 0 unspecified atom stereocenters. The van der Waals surface area contributed by atoms with Crippen LogP contribution < -0.4 is 11.1 Å². The van der Waals surface area contributed by atoms with E-state index in [0.29, 0.717) is 13.1 Å². The molecule has 0 spiro atoms. The maximum absolute atomic E-state index is 10.2. The van der Waals surface area contributed by atoms with Crippen LogP contribution in [0.5, 0.6) is 0 Å². The highest BCUT2D eigenvalue weighted by Crippen LogP contribution is 2.08. The van der Waals surface area contributed by atoms with Crippen molar-refractivity contribution in [3.63, 3.8) is 0 Å². The number of aliphatic hydroxyl groups excluding tert-OH is 1. The average molecular weight is 160 g/mol. The summed E-state index contributed by atoms with van der Waals surface area (Å²) in [6, 6.07) is 0. The molecule has 4 N–H and O–H groups in total. The van der Waals surface area contributed by atoms with Crippen molar-refractivity contribution in [1.82, 2.24) is 5.32 Å². The molecule has 1 rings (SSSR count). The van der Waals surface area contributed by atoms with E-state index in [1.807, 2.05) is 0 Å². The molecule has 0 bridgehead atoms. The maximum Gasteiger partial charge on any atom is 0.404 e. The van der Waals surface area contributed by atoms with Gasteiger partial charge in [0.15, 0.2) is 0 Å². The Morgan fingerprint density at radius 1 is 1.73 bits per heavy atom. The summed E-state index contributed by atoms with van der Waals surface area (Å²) in [5, 5.41) is 12.2. The number of nitrogens with two attached hydrogens (primary N) is 1. The highest BCUT2D eigenvalue weighted by atomic mass is 16.5. The molecular formula is C6H12N2O3. The SMILES string of the molecule is NC(=O)OC[C@H]1CNC[C@H]1O. The van der Waals surface area contributed by atoms with Crippen LogP contribution in [0.25, 0.3) is 0 Å². The van der Waals surface area contributed by atoms with Crippen LogP contribution in [-0.2, 0) is 4.74 Å². The van der Waals surface area contributed by atoms with E-state index >= 15 is 0 Å². The Kier molecular flexibility index (Phi) is 2.67. The molecule has 1 amide bonds. The monoisotopic (exact) mass is 160 g/mol. The van der Waals surface area contributed by atoms with E-state index in [0.717, 1.165) is 0 Å². The summed E-state index contributed by atoms with van der Waals surface area (Å²) in [6.07, 6.45) is -1.21. The number of hydrogen-bond donors (Lipinski definition) is 3. The van der Waals surface area contributed by atoms with Crippen molar-refractivity contribution in [2.24, 2.45) is 11.7 Å². The molecule has 0 saturated carbocycles. The van der Waals surface area contributed by atoms with Crippen LogP contribution in [0.1, 0.15) is 0 Å². The minimum Gasteiger partial charge on any atom is -0.449 e. The van der Waals surface area contributed by atoms with Gasteiger partial charge in [-0.05, 0) is 0 Å². The van der Waals surface area contributed by atoms with Crippen molar-refractivity contribution in [1.29, 1.82) is 0 Å². The molecule has 0 radical (unpaired) electrons. The lowest BCUT2D eigenvalue weighted by Gasteiger charge is -2.11. The van der Waals surface area contributed by atoms with Gasteiger partial charge >= 0.3 is 6.09 Å². The number of β-amino-alcohol motifs (C(OH)–C–C–N with tert-alkyl or cyclic N) is 1. The number of aliphatic hydroxyl groups is 1. The van der Waals surface area contributed by atoms with E-state index < -0.39 is 12.2 Å². The molecule has 1 aliphatic heterocycles. The molecule has 5 heteroatoms. The second-order valence-electron chi connectivity index (χ2n) is 2.62. The predicted octanol–water partition coefficient (Wildman–Crippen LogP) is -1.34. The van der Waals surface area contributed by atoms with Crippen LogP contribution in [0.15, 0.2) is 0 Å². The second-order valence-corrected chi connectivity index (χ2v) is 2.62. The Hall–Kier alpha value is -0.810. The van der Waals surface area contributed by atoms with Crippen molar-refractivity contribution in [3.05, 3.63) is 0 Å². The molecule has 1 fully saturated rings. The highest BCUT2D eigenvalue weighted by Gasteiger charge is 2.25. The smallest absolute Gasteiger partial charge is 0.404 e. The van der Waals surface area contributed by atoms with Gasteiger partial charge in [0.1, 0.15) is 0 Å². The Bertz CT molecular complexity index is 151. The van der Waals surface area contributed by atoms with Gasteiger partial charge in [0.25, 0.3) is 0 Å². The van der Waals surface area contributed by atoms with E-state index in [1.54, 1.807) is 0 Å². The molecule has 64 valence electrons. The number of primary amides is 1. The lowest BCUT2D eigenvalue weighted by molar-refractivity contribution is 0.0851. The van der Waals surface area contributed by atoms with Crippen molar-refractivity contribution in [2.45, 2.75) is 6.10 Å². The van der Waals surface area contributed by atoms with Gasteiger partial charge < -0.3 is 20.9 Å². The fourth-order valence-electron chi connectivity index (χ4n) is 1.08. The third kappa shape index (κ3) is 2.36. The molecule has 1 saturated heterocycles. The van der Waals surface area contributed by atoms with Crippen LogP contribution in [0.2, 0.25) is 0 Å². The van der Waals surface area contributed by atoms with Gasteiger partial charge in [-0.1, -0.05) is 0 Å². The average Bonchev–Trinajstić information content (AvgIpc) is 2.31. The first-order chi connectivity index (χ1) is 5.20. The lowest BCUT2D eigenvalue weighted by Crippen LogP contribution is -2.26. The van der Waals surface area contributed by atoms with Crippen molar-refractivity contribution < 1.29 is 14.6 Å². The topological polar surface area (TPSA) is 84.6 Å². The van der Waals surface area contributed by atoms with E-state index in [-0.39, 0.29) is 12.5 Å². The summed E-state index contributed by atoms with van der Waals surface area (Å²) >= 11 is 0. The summed E-state index contributed by atoms with van der Waals surface area (Å²) in [5.74, 6) is -0.0116. The zero-order valence-electron chi connectivity index (χ0n) is 6.12. The van der Waals surface area contributed by atoms with Crippen LogP contribution in [0.4, 0.5) is 4.79 Å². The Morgan fingerprint density at radius 2 is 2.45 bits per heavy atom. The third-order valence-corrected chi connectivity index (χ3v) is 1.74. The maximum atomic E-state index is 10.2. The van der Waals surface area contributed by atoms with Crippen LogP contribution >= 0.6 is 0 Å². The van der Waals surface area contributed by atoms with Gasteiger partial charge in [0.2, 0.25) is 0 Å². The zero-order chi connectivity index (χ0) is 8.27. The molecule has 0 aromatic rings. The standard InChI is InChI=1S/C6H12N2O3/c7-6(10)11-3-4-1-8-2-5(4)9/h4-5,8-9H,1-3H2,(H2,7,10)/t4-,5-/m1/s1. The largest absolute Gasteiger partial charge is 0.449 e. The highest BCUT2D eigenvalue weighted by molar-refractivity contribution is 5.64. The predicted molar refractivity (Wildman–Crippen MR) is 37.9 cm³/mol. The van der Waals surface area contributed by atoms with Crippen molar-refractivity contribution >= 4 is 6.09 Å². The van der Waals surface area contributed by atoms with Crippen molar-refractivity contribution in [2.75, 3.05) is 19.7 Å². The minimum absolute atomic E-state index is 0.0116. The molecule has 0 aromatic carbocycles. The van der Waals surface area contributed by atoms with Gasteiger partial charge in [-0.3, -0.25) is 0 Å². The van der Waals surface area contributed by atoms with Crippen LogP contribution in [0.3, 0.4) is 0 Å². The first kappa shape index (κ1) is 8.29. The van der Waals surface area contributed by atoms with Gasteiger partial charge in [-0.2, -0.15) is 0 Å². The Balaban J connectivity index is 2.20. The second kappa shape index (κ2) is 3.54. The first-order valence-electron chi connectivity index (χ1n) is 3.51. The summed E-state index contributed by atoms with van der Waals surface area (Å²) in [4.78, 5) is 10.2. The summed E-state index contributed by atoms with van der Waals surface area (Å²) in [5.41, 5.74) is 4.75. The molecule has 2 atom stereocenters. The van der Waals surface area contributed by atoms with E-state index in [2.05, 4.69) is 10.1 Å². The number of nitrogens with one attached hydrogen (secondary N) is 1. The number of rotatable bonds is 2. The van der Waals surface area contributed by atoms with Gasteiger partial charge in [-0.25, -0.2) is 4.79 Å². The summed E-state index contributed by atoms with van der Waals surface area (Å²) in [6.45, 7) is 1.44. The normalized spacial score (nSPS) is 30.3. The van der Waals surface area contributed by atoms with E-state index in [1.165, 1.54) is 0 Å². The van der Waals surface area contributed by atoms with Gasteiger partial charge in [0, 0.05) is 19.0 Å². The molecule has 1 aliphatic rings. The van der Waals surface area contributed by atoms with Crippen molar-refractivity contribution in [3.8, 4) is 0 Å². The summed E-state index contributed by atoms with van der Waals surface area (Å²) in [7, 11) is 0. The molecule has 5 nitrogen and oxygen atoms in total. The van der Waals surface area contributed by atoms with E-state index in [9.17, 15) is 9.90 Å². The molecular weight excluding hydrogens is 148 g/mol. The van der Waals surface area contributed by atoms with Crippen LogP contribution in [0, 0.1) is 5.92 Å². The number of ether oxygens (including phenoxy) is 1. The number of carbonyl (C=O) groups is 1. The Labute approximate surface area is 64.5 Å². The number of carbonyl (C=O) groups excluding carboxylic acids is 1. The van der Waals surface area contributed by atoms with Gasteiger partial charge in [-0.15, -0.1) is 0 Å². The summed E-state index contributed by atoms with van der Waals surface area (Å²) < 4.78 is 4.54. The minimum atomic E-state index is -0.788. The quantitative estimate of drug-likeness (QED) is 0.467. The lowest BCUT2D eigenvalue weighted by atomic mass is 10.1. The fraction of sp³-hybridized carbons (Fsp3) is 0.833. The van der Waals surface area contributed by atoms with Gasteiger partial charge in [0.05, 0.1) is 12.7 Å². The fourth-order valence-corrected chi connectivity index (χ4v) is 1.08. The first-order valence-corrected chi connectivity index (χ1v) is 3.51. The molecule has 0 aliphatic carbocycles. The number of amides is 1. The van der Waals surface area contributed by atoms with E-state index in [4.69, 9.17) is 5.73 Å².